The number of rotatable bonds is 5. The predicted molar refractivity (Wildman–Crippen MR) is 122 cm³/mol. The third kappa shape index (κ3) is 4.15. The van der Waals surface area contributed by atoms with Crippen LogP contribution in [0.4, 0.5) is 11.5 Å². The normalized spacial score (nSPS) is 16.9. The molecule has 4 rings (SSSR count). The molecule has 0 atom stereocenters. The van der Waals surface area contributed by atoms with Crippen molar-refractivity contribution in [3.63, 3.8) is 0 Å². The SMILES string of the molecule is NCCCNc1cc(N2CCS(O)(O)c3ccccc3C2)nc2cccc(Cl)c12. The zero-order valence-corrected chi connectivity index (χ0v) is 17.6. The van der Waals surface area contributed by atoms with Crippen LogP contribution < -0.4 is 16.0 Å². The van der Waals surface area contributed by atoms with Gasteiger partial charge in [-0.1, -0.05) is 35.9 Å². The minimum Gasteiger partial charge on any atom is -0.384 e. The highest BCUT2D eigenvalue weighted by Gasteiger charge is 2.26. The molecule has 0 radical (unpaired) electrons. The highest BCUT2D eigenvalue weighted by Crippen LogP contribution is 2.51. The first-order valence-corrected chi connectivity index (χ1v) is 11.7. The van der Waals surface area contributed by atoms with Crippen molar-refractivity contribution in [3.05, 3.63) is 59.1 Å². The number of hydrogen-bond donors (Lipinski definition) is 4. The molecule has 0 unspecified atom stereocenters. The van der Waals surface area contributed by atoms with Gasteiger partial charge in [-0.2, -0.15) is 10.6 Å². The van der Waals surface area contributed by atoms with Gasteiger partial charge in [0.1, 0.15) is 5.82 Å². The molecule has 2 heterocycles. The fourth-order valence-electron chi connectivity index (χ4n) is 3.64. The van der Waals surface area contributed by atoms with Crippen LogP contribution in [0, 0.1) is 0 Å². The average Bonchev–Trinajstić information content (AvgIpc) is 2.84. The number of fused-ring (bicyclic) bond motifs is 2. The third-order valence-corrected chi connectivity index (χ3v) is 7.29. The summed E-state index contributed by atoms with van der Waals surface area (Å²) in [6, 6.07) is 15.2. The first-order valence-electron chi connectivity index (χ1n) is 9.61. The van der Waals surface area contributed by atoms with E-state index in [0.717, 1.165) is 40.9 Å². The van der Waals surface area contributed by atoms with E-state index in [0.29, 0.717) is 29.6 Å². The first-order chi connectivity index (χ1) is 14.0. The molecule has 154 valence electrons. The predicted octanol–water partition coefficient (Wildman–Crippen LogP) is 4.78. The Kier molecular flexibility index (Phi) is 5.85. The maximum Gasteiger partial charge on any atom is 0.131 e. The van der Waals surface area contributed by atoms with E-state index in [1.54, 1.807) is 0 Å². The van der Waals surface area contributed by atoms with E-state index in [4.69, 9.17) is 22.3 Å². The van der Waals surface area contributed by atoms with Crippen molar-refractivity contribution < 1.29 is 9.11 Å². The van der Waals surface area contributed by atoms with Crippen molar-refractivity contribution in [3.8, 4) is 0 Å². The van der Waals surface area contributed by atoms with Crippen LogP contribution in [-0.2, 0) is 6.54 Å². The molecule has 2 aromatic carbocycles. The van der Waals surface area contributed by atoms with Gasteiger partial charge in [-0.25, -0.2) is 4.98 Å². The summed E-state index contributed by atoms with van der Waals surface area (Å²) in [5.41, 5.74) is 8.26. The van der Waals surface area contributed by atoms with Crippen LogP contribution in [0.3, 0.4) is 0 Å². The van der Waals surface area contributed by atoms with E-state index in [1.807, 2.05) is 48.5 Å². The second-order valence-electron chi connectivity index (χ2n) is 7.13. The van der Waals surface area contributed by atoms with Gasteiger partial charge in [-0.15, -0.1) is 0 Å². The van der Waals surface area contributed by atoms with Gasteiger partial charge in [0.15, 0.2) is 0 Å². The molecule has 0 aliphatic carbocycles. The number of aromatic nitrogens is 1. The van der Waals surface area contributed by atoms with E-state index in [1.165, 1.54) is 0 Å². The fourth-order valence-corrected chi connectivity index (χ4v) is 5.45. The van der Waals surface area contributed by atoms with Crippen molar-refractivity contribution in [1.82, 2.24) is 4.98 Å². The maximum absolute atomic E-state index is 10.6. The van der Waals surface area contributed by atoms with E-state index >= 15 is 0 Å². The smallest absolute Gasteiger partial charge is 0.131 e. The molecule has 0 bridgehead atoms. The monoisotopic (exact) mass is 432 g/mol. The Morgan fingerprint density at radius 3 is 2.83 bits per heavy atom. The van der Waals surface area contributed by atoms with Crippen molar-refractivity contribution in [2.45, 2.75) is 17.9 Å². The molecule has 0 saturated heterocycles. The number of hydrogen-bond acceptors (Lipinski definition) is 6. The lowest BCUT2D eigenvalue weighted by Gasteiger charge is -2.32. The molecule has 1 aliphatic rings. The Morgan fingerprint density at radius 2 is 2.00 bits per heavy atom. The van der Waals surface area contributed by atoms with Gasteiger partial charge in [0.2, 0.25) is 0 Å². The molecule has 8 heteroatoms. The number of nitrogens with one attached hydrogen (secondary N) is 1. The number of pyridine rings is 1. The highest BCUT2D eigenvalue weighted by molar-refractivity contribution is 8.24. The molecular weight excluding hydrogens is 408 g/mol. The second kappa shape index (κ2) is 8.38. The van der Waals surface area contributed by atoms with Gasteiger partial charge in [-0.05, 0) is 36.7 Å². The molecular formula is C21H25ClN4O2S. The molecule has 0 saturated carbocycles. The Morgan fingerprint density at radius 1 is 1.17 bits per heavy atom. The highest BCUT2D eigenvalue weighted by atomic mass is 35.5. The lowest BCUT2D eigenvalue weighted by atomic mass is 10.1. The summed E-state index contributed by atoms with van der Waals surface area (Å²) < 4.78 is 21.3. The van der Waals surface area contributed by atoms with Crippen LogP contribution in [-0.4, -0.2) is 39.5 Å². The topological polar surface area (TPSA) is 94.6 Å². The third-order valence-electron chi connectivity index (χ3n) is 5.12. The molecule has 1 aromatic heterocycles. The zero-order chi connectivity index (χ0) is 20.4. The summed E-state index contributed by atoms with van der Waals surface area (Å²) in [7, 11) is -2.82. The van der Waals surface area contributed by atoms with Gasteiger partial charge in [0.05, 0.1) is 21.2 Å². The summed E-state index contributed by atoms with van der Waals surface area (Å²) in [4.78, 5) is 7.56. The molecule has 0 amide bonds. The van der Waals surface area contributed by atoms with Crippen LogP contribution in [0.25, 0.3) is 10.9 Å². The molecule has 5 N–H and O–H groups in total. The summed E-state index contributed by atoms with van der Waals surface area (Å²) in [5, 5.41) is 4.96. The Bertz CT molecular complexity index is 1030. The van der Waals surface area contributed by atoms with Gasteiger partial charge >= 0.3 is 0 Å². The number of halogens is 1. The summed E-state index contributed by atoms with van der Waals surface area (Å²) in [6.07, 6.45) is 0.849. The van der Waals surface area contributed by atoms with Crippen LogP contribution in [0.2, 0.25) is 5.02 Å². The standard InChI is InChI=1S/C21H25ClN4O2S/c22-16-6-3-7-17-21(16)18(24-10-4-9-23)13-20(25-17)26-11-12-29(27,28)19-8-2-1-5-15(19)14-26/h1-3,5-8,13,27-28H,4,9-12,14,23H2,(H,24,25). The average molecular weight is 433 g/mol. The van der Waals surface area contributed by atoms with Crippen molar-refractivity contribution in [2.24, 2.45) is 5.73 Å². The maximum atomic E-state index is 10.6. The first kappa shape index (κ1) is 20.3. The van der Waals surface area contributed by atoms with E-state index in [-0.39, 0.29) is 5.75 Å². The number of nitrogens with two attached hydrogens (primary N) is 1. The number of benzene rings is 2. The van der Waals surface area contributed by atoms with Crippen molar-refractivity contribution in [1.29, 1.82) is 0 Å². The Hall–Kier alpha value is -2.03. The molecule has 3 aromatic rings. The van der Waals surface area contributed by atoms with Gasteiger partial charge in [-0.3, -0.25) is 9.11 Å². The van der Waals surface area contributed by atoms with E-state index < -0.39 is 10.6 Å². The minimum atomic E-state index is -2.82. The van der Waals surface area contributed by atoms with Crippen molar-refractivity contribution >= 4 is 44.6 Å². The van der Waals surface area contributed by atoms with Crippen molar-refractivity contribution in [2.75, 3.05) is 35.6 Å². The molecule has 0 fully saturated rings. The second-order valence-corrected chi connectivity index (χ2v) is 9.72. The fraction of sp³-hybridized carbons (Fsp3) is 0.286. The summed E-state index contributed by atoms with van der Waals surface area (Å²) in [6.45, 7) is 2.41. The van der Waals surface area contributed by atoms with Crippen LogP contribution in [0.1, 0.15) is 12.0 Å². The number of nitrogens with zero attached hydrogens (tertiary/aromatic N) is 2. The summed E-state index contributed by atoms with van der Waals surface area (Å²) >= 11 is 6.46. The Labute approximate surface area is 177 Å². The molecule has 6 nitrogen and oxygen atoms in total. The Balaban J connectivity index is 1.76. The molecule has 29 heavy (non-hydrogen) atoms. The minimum absolute atomic E-state index is 0.273. The van der Waals surface area contributed by atoms with E-state index in [9.17, 15) is 9.11 Å². The van der Waals surface area contributed by atoms with E-state index in [2.05, 4.69) is 10.2 Å². The van der Waals surface area contributed by atoms with Crippen LogP contribution in [0.15, 0.2) is 53.4 Å². The summed E-state index contributed by atoms with van der Waals surface area (Å²) in [5.74, 6) is 1.05. The lowest BCUT2D eigenvalue weighted by molar-refractivity contribution is 0.488. The van der Waals surface area contributed by atoms with Gasteiger partial charge in [0.25, 0.3) is 0 Å². The molecule has 1 aliphatic heterocycles. The largest absolute Gasteiger partial charge is 0.384 e. The van der Waals surface area contributed by atoms with Crippen LogP contribution in [0.5, 0.6) is 0 Å². The van der Waals surface area contributed by atoms with Gasteiger partial charge in [0, 0.05) is 36.8 Å². The molecule has 0 spiro atoms. The number of anilines is 2. The quantitative estimate of drug-likeness (QED) is 0.433. The lowest BCUT2D eigenvalue weighted by Crippen LogP contribution is -2.26. The van der Waals surface area contributed by atoms with Crippen LogP contribution >= 0.6 is 22.2 Å². The van der Waals surface area contributed by atoms with Gasteiger partial charge < -0.3 is 16.0 Å². The zero-order valence-electron chi connectivity index (χ0n) is 16.0.